The Bertz CT molecular complexity index is 527. The van der Waals surface area contributed by atoms with Crippen molar-refractivity contribution in [3.05, 3.63) is 36.2 Å². The van der Waals surface area contributed by atoms with Gasteiger partial charge >= 0.3 is 0 Å². The molecule has 1 aliphatic heterocycles. The van der Waals surface area contributed by atoms with Crippen LogP contribution in [0.4, 0.5) is 0 Å². The summed E-state index contributed by atoms with van der Waals surface area (Å²) in [5.41, 5.74) is 1.27. The van der Waals surface area contributed by atoms with Crippen molar-refractivity contribution in [2.24, 2.45) is 0 Å². The van der Waals surface area contributed by atoms with Crippen LogP contribution in [-0.4, -0.2) is 22.4 Å². The third-order valence-corrected chi connectivity index (χ3v) is 4.39. The maximum Gasteiger partial charge on any atom is 0.0346 e. The van der Waals surface area contributed by atoms with E-state index in [1.807, 2.05) is 24.3 Å². The molecule has 0 unspecified atom stereocenters. The van der Waals surface area contributed by atoms with E-state index >= 15 is 0 Å². The molecule has 1 aromatic carbocycles. The van der Waals surface area contributed by atoms with Crippen molar-refractivity contribution < 1.29 is 0 Å². The Morgan fingerprint density at radius 3 is 2.82 bits per heavy atom. The molecule has 0 radical (unpaired) electrons. The SMILES string of the molecule is Cc1cncc2cccc(SN3CCCC3)c12. The lowest BCUT2D eigenvalue weighted by Gasteiger charge is -2.15. The minimum atomic E-state index is 1.21. The van der Waals surface area contributed by atoms with Gasteiger partial charge in [-0.1, -0.05) is 12.1 Å². The minimum Gasteiger partial charge on any atom is -0.264 e. The quantitative estimate of drug-likeness (QED) is 0.750. The second-order valence-corrected chi connectivity index (χ2v) is 5.68. The molecule has 0 N–H and O–H groups in total. The Kier molecular flexibility index (Phi) is 3.04. The van der Waals surface area contributed by atoms with Crippen LogP contribution in [0.1, 0.15) is 18.4 Å². The highest BCUT2D eigenvalue weighted by molar-refractivity contribution is 7.97. The number of fused-ring (bicyclic) bond motifs is 1. The van der Waals surface area contributed by atoms with Gasteiger partial charge in [-0.3, -0.25) is 4.98 Å². The molecule has 3 rings (SSSR count). The van der Waals surface area contributed by atoms with Crippen LogP contribution < -0.4 is 0 Å². The summed E-state index contributed by atoms with van der Waals surface area (Å²) < 4.78 is 2.47. The molecular weight excluding hydrogens is 228 g/mol. The highest BCUT2D eigenvalue weighted by Crippen LogP contribution is 2.33. The summed E-state index contributed by atoms with van der Waals surface area (Å²) in [7, 11) is 0. The van der Waals surface area contributed by atoms with Crippen LogP contribution in [0.5, 0.6) is 0 Å². The summed E-state index contributed by atoms with van der Waals surface area (Å²) in [5, 5.41) is 2.61. The predicted molar refractivity (Wildman–Crippen MR) is 73.1 cm³/mol. The highest BCUT2D eigenvalue weighted by atomic mass is 32.2. The minimum absolute atomic E-state index is 1.21. The molecule has 1 saturated heterocycles. The van der Waals surface area contributed by atoms with Crippen LogP contribution in [-0.2, 0) is 0 Å². The van der Waals surface area contributed by atoms with Gasteiger partial charge in [0.2, 0.25) is 0 Å². The molecule has 88 valence electrons. The number of hydrogen-bond donors (Lipinski definition) is 0. The molecular formula is C14H16N2S. The molecule has 0 bridgehead atoms. The number of rotatable bonds is 2. The van der Waals surface area contributed by atoms with Crippen LogP contribution in [0.15, 0.2) is 35.5 Å². The molecule has 0 spiro atoms. The van der Waals surface area contributed by atoms with Gasteiger partial charge in [0.15, 0.2) is 0 Å². The van der Waals surface area contributed by atoms with Crippen molar-refractivity contribution in [2.45, 2.75) is 24.7 Å². The van der Waals surface area contributed by atoms with Gasteiger partial charge < -0.3 is 0 Å². The van der Waals surface area contributed by atoms with Crippen molar-refractivity contribution in [3.8, 4) is 0 Å². The van der Waals surface area contributed by atoms with Crippen LogP contribution in [0.2, 0.25) is 0 Å². The van der Waals surface area contributed by atoms with Crippen LogP contribution in [0.3, 0.4) is 0 Å². The van der Waals surface area contributed by atoms with Crippen molar-refractivity contribution in [1.29, 1.82) is 0 Å². The fourth-order valence-electron chi connectivity index (χ4n) is 2.37. The van der Waals surface area contributed by atoms with Crippen LogP contribution in [0, 0.1) is 6.92 Å². The fraction of sp³-hybridized carbons (Fsp3) is 0.357. The average molecular weight is 244 g/mol. The Hall–Kier alpha value is -1.06. The summed E-state index contributed by atoms with van der Waals surface area (Å²) in [4.78, 5) is 5.63. The molecule has 3 heteroatoms. The molecule has 1 fully saturated rings. The predicted octanol–water partition coefficient (Wildman–Crippen LogP) is 3.65. The second kappa shape index (κ2) is 4.67. The van der Waals surface area contributed by atoms with Gasteiger partial charge in [0, 0.05) is 41.2 Å². The van der Waals surface area contributed by atoms with E-state index in [0.29, 0.717) is 0 Å². The average Bonchev–Trinajstić information content (AvgIpc) is 2.82. The van der Waals surface area contributed by atoms with E-state index in [1.54, 1.807) is 0 Å². The van der Waals surface area contributed by atoms with Gasteiger partial charge in [-0.2, -0.15) is 0 Å². The van der Waals surface area contributed by atoms with Crippen molar-refractivity contribution in [3.63, 3.8) is 0 Å². The zero-order valence-electron chi connectivity index (χ0n) is 10.0. The molecule has 0 saturated carbocycles. The summed E-state index contributed by atoms with van der Waals surface area (Å²) in [5.74, 6) is 0. The summed E-state index contributed by atoms with van der Waals surface area (Å²) in [6.07, 6.45) is 6.57. The Balaban J connectivity index is 2.03. The van der Waals surface area contributed by atoms with E-state index < -0.39 is 0 Å². The number of nitrogens with zero attached hydrogens (tertiary/aromatic N) is 2. The van der Waals surface area contributed by atoms with E-state index in [4.69, 9.17) is 0 Å². The van der Waals surface area contributed by atoms with Gasteiger partial charge in [0.05, 0.1) is 0 Å². The second-order valence-electron chi connectivity index (χ2n) is 4.54. The van der Waals surface area contributed by atoms with Gasteiger partial charge in [-0.15, -0.1) is 0 Å². The Labute approximate surface area is 106 Å². The standard InChI is InChI=1S/C14H16N2S/c1-11-9-15-10-12-5-4-6-13(14(11)12)17-16-7-2-3-8-16/h4-6,9-10H,2-3,7-8H2,1H3. The van der Waals surface area contributed by atoms with Gasteiger partial charge in [0.1, 0.15) is 0 Å². The number of hydrogen-bond acceptors (Lipinski definition) is 3. The van der Waals surface area contributed by atoms with Crippen molar-refractivity contribution in [1.82, 2.24) is 9.29 Å². The third-order valence-electron chi connectivity index (χ3n) is 3.23. The zero-order chi connectivity index (χ0) is 11.7. The lowest BCUT2D eigenvalue weighted by molar-refractivity contribution is 0.587. The first-order valence-electron chi connectivity index (χ1n) is 6.11. The largest absolute Gasteiger partial charge is 0.264 e. The lowest BCUT2D eigenvalue weighted by atomic mass is 10.1. The summed E-state index contributed by atoms with van der Waals surface area (Å²) >= 11 is 1.90. The maximum atomic E-state index is 4.26. The van der Waals surface area contributed by atoms with Crippen molar-refractivity contribution in [2.75, 3.05) is 13.1 Å². The van der Waals surface area contributed by atoms with E-state index in [0.717, 1.165) is 0 Å². The van der Waals surface area contributed by atoms with E-state index in [-0.39, 0.29) is 0 Å². The number of benzene rings is 1. The smallest absolute Gasteiger partial charge is 0.0346 e. The molecule has 2 aromatic rings. The first-order chi connectivity index (χ1) is 8.34. The maximum absolute atomic E-state index is 4.26. The number of aromatic nitrogens is 1. The molecule has 1 aromatic heterocycles. The Morgan fingerprint density at radius 1 is 1.18 bits per heavy atom. The summed E-state index contributed by atoms with van der Waals surface area (Å²) in [6, 6.07) is 6.49. The Morgan fingerprint density at radius 2 is 2.00 bits per heavy atom. The topological polar surface area (TPSA) is 16.1 Å². The van der Waals surface area contributed by atoms with E-state index in [1.165, 1.54) is 47.2 Å². The number of pyridine rings is 1. The zero-order valence-corrected chi connectivity index (χ0v) is 10.8. The lowest BCUT2D eigenvalue weighted by Crippen LogP contribution is -2.08. The fourth-order valence-corrected chi connectivity index (χ4v) is 3.59. The first kappa shape index (κ1) is 11.1. The molecule has 0 aliphatic carbocycles. The first-order valence-corrected chi connectivity index (χ1v) is 6.88. The van der Waals surface area contributed by atoms with Crippen LogP contribution >= 0.6 is 11.9 Å². The van der Waals surface area contributed by atoms with E-state index in [9.17, 15) is 0 Å². The summed E-state index contributed by atoms with van der Waals surface area (Å²) in [6.45, 7) is 4.57. The molecule has 1 aliphatic rings. The highest BCUT2D eigenvalue weighted by Gasteiger charge is 2.14. The normalized spacial score (nSPS) is 16.8. The third kappa shape index (κ3) is 2.17. The van der Waals surface area contributed by atoms with Crippen LogP contribution in [0.25, 0.3) is 10.8 Å². The number of aryl methyl sites for hydroxylation is 1. The van der Waals surface area contributed by atoms with E-state index in [2.05, 4.69) is 34.4 Å². The van der Waals surface area contributed by atoms with Gasteiger partial charge in [-0.25, -0.2) is 4.31 Å². The molecule has 17 heavy (non-hydrogen) atoms. The molecule has 0 amide bonds. The monoisotopic (exact) mass is 244 g/mol. The molecule has 2 nitrogen and oxygen atoms in total. The van der Waals surface area contributed by atoms with Crippen molar-refractivity contribution >= 4 is 22.7 Å². The molecule has 0 atom stereocenters. The van der Waals surface area contributed by atoms with Gasteiger partial charge in [0.25, 0.3) is 0 Å². The van der Waals surface area contributed by atoms with Gasteiger partial charge in [-0.05, 0) is 43.3 Å². The molecule has 2 heterocycles.